The van der Waals surface area contributed by atoms with E-state index in [4.69, 9.17) is 0 Å². The summed E-state index contributed by atoms with van der Waals surface area (Å²) in [5.74, 6) is -4.07. The molecule has 2 nitrogen and oxygen atoms in total. The summed E-state index contributed by atoms with van der Waals surface area (Å²) in [4.78, 5) is 0. The topological polar surface area (TPSA) is 29.5 Å². The van der Waals surface area contributed by atoms with E-state index in [0.717, 1.165) is 25.7 Å². The zero-order chi connectivity index (χ0) is 12.2. The minimum absolute atomic E-state index is 0.0557. The number of aliphatic hydroxyl groups is 1. The van der Waals surface area contributed by atoms with E-state index in [9.17, 15) is 22.7 Å². The summed E-state index contributed by atoms with van der Waals surface area (Å²) in [5.41, 5.74) is 0. The first-order valence-electron chi connectivity index (χ1n) is 5.35. The van der Waals surface area contributed by atoms with Crippen LogP contribution in [0, 0.1) is 5.92 Å². The van der Waals surface area contributed by atoms with Crippen LogP contribution in [0.3, 0.4) is 0 Å². The van der Waals surface area contributed by atoms with E-state index in [1.165, 1.54) is 0 Å². The molecule has 0 heterocycles. The van der Waals surface area contributed by atoms with Crippen LogP contribution in [0.4, 0.5) is 17.6 Å². The quantitative estimate of drug-likeness (QED) is 0.727. The maximum atomic E-state index is 12.4. The average molecular weight is 244 g/mol. The van der Waals surface area contributed by atoms with Crippen LogP contribution >= 0.6 is 0 Å². The van der Waals surface area contributed by atoms with E-state index in [2.05, 4.69) is 4.74 Å². The molecule has 1 rings (SSSR count). The first-order valence-corrected chi connectivity index (χ1v) is 5.35. The molecule has 0 aliphatic heterocycles. The third-order valence-electron chi connectivity index (χ3n) is 2.85. The molecule has 1 saturated carbocycles. The van der Waals surface area contributed by atoms with Crippen molar-refractivity contribution in [1.82, 2.24) is 0 Å². The Morgan fingerprint density at radius 1 is 1.25 bits per heavy atom. The molecule has 0 radical (unpaired) electrons. The summed E-state index contributed by atoms with van der Waals surface area (Å²) in [5, 5.41) is 9.53. The van der Waals surface area contributed by atoms with Gasteiger partial charge in [0.05, 0.1) is 12.7 Å². The number of hydrogen-bond donors (Lipinski definition) is 1. The van der Waals surface area contributed by atoms with Crippen LogP contribution in [0.2, 0.25) is 0 Å². The van der Waals surface area contributed by atoms with E-state index in [1.54, 1.807) is 0 Å². The van der Waals surface area contributed by atoms with Crippen molar-refractivity contribution < 1.29 is 27.4 Å². The Kier molecular flexibility index (Phi) is 4.98. The molecule has 0 aromatic heterocycles. The highest BCUT2D eigenvalue weighted by atomic mass is 19.3. The molecule has 16 heavy (non-hydrogen) atoms. The second kappa shape index (κ2) is 5.82. The minimum Gasteiger partial charge on any atom is -0.390 e. The number of rotatable bonds is 6. The lowest BCUT2D eigenvalue weighted by atomic mass is 10.0. The van der Waals surface area contributed by atoms with Gasteiger partial charge in [0.25, 0.3) is 0 Å². The van der Waals surface area contributed by atoms with Gasteiger partial charge >= 0.3 is 12.3 Å². The summed E-state index contributed by atoms with van der Waals surface area (Å²) >= 11 is 0. The van der Waals surface area contributed by atoms with Gasteiger partial charge in [-0.05, 0) is 18.8 Å². The monoisotopic (exact) mass is 244 g/mol. The minimum atomic E-state index is -4.13. The third-order valence-corrected chi connectivity index (χ3v) is 2.85. The van der Waals surface area contributed by atoms with Gasteiger partial charge in [-0.2, -0.15) is 8.78 Å². The second-order valence-electron chi connectivity index (χ2n) is 4.19. The summed E-state index contributed by atoms with van der Waals surface area (Å²) in [6.07, 6.45) is -0.845. The van der Waals surface area contributed by atoms with Gasteiger partial charge in [-0.15, -0.1) is 0 Å². The summed E-state index contributed by atoms with van der Waals surface area (Å²) in [6.45, 7) is -1.64. The highest BCUT2D eigenvalue weighted by Crippen LogP contribution is 2.28. The lowest BCUT2D eigenvalue weighted by Crippen LogP contribution is -2.34. The van der Waals surface area contributed by atoms with Crippen molar-refractivity contribution >= 4 is 0 Å². The zero-order valence-corrected chi connectivity index (χ0v) is 8.84. The molecule has 0 spiro atoms. The van der Waals surface area contributed by atoms with Gasteiger partial charge in [0.1, 0.15) is 6.61 Å². The molecule has 1 atom stereocenters. The molecule has 0 aromatic carbocycles. The number of alkyl halides is 4. The number of halogens is 4. The predicted molar refractivity (Wildman–Crippen MR) is 49.7 cm³/mol. The number of aliphatic hydroxyl groups excluding tert-OH is 1. The largest absolute Gasteiger partial charge is 0.390 e. The average Bonchev–Trinajstić information content (AvgIpc) is 2.69. The van der Waals surface area contributed by atoms with Crippen LogP contribution in [0.25, 0.3) is 0 Å². The molecule has 0 bridgehead atoms. The molecule has 0 amide bonds. The molecule has 6 heteroatoms. The number of ether oxygens (including phenoxy) is 1. The fourth-order valence-corrected chi connectivity index (χ4v) is 1.86. The fraction of sp³-hybridized carbons (Fsp3) is 1.00. The van der Waals surface area contributed by atoms with Gasteiger partial charge in [-0.3, -0.25) is 0 Å². The van der Waals surface area contributed by atoms with Crippen molar-refractivity contribution in [2.75, 3.05) is 13.2 Å². The van der Waals surface area contributed by atoms with Crippen molar-refractivity contribution in [1.29, 1.82) is 0 Å². The summed E-state index contributed by atoms with van der Waals surface area (Å²) < 4.78 is 52.8. The van der Waals surface area contributed by atoms with Crippen LogP contribution in [0.1, 0.15) is 25.7 Å². The van der Waals surface area contributed by atoms with Crippen molar-refractivity contribution in [3.8, 4) is 0 Å². The lowest BCUT2D eigenvalue weighted by molar-refractivity contribution is -0.172. The van der Waals surface area contributed by atoms with Crippen LogP contribution in [-0.2, 0) is 4.74 Å². The Balaban J connectivity index is 2.19. The number of hydrogen-bond acceptors (Lipinski definition) is 2. The third kappa shape index (κ3) is 3.90. The van der Waals surface area contributed by atoms with Crippen LogP contribution in [-0.4, -0.2) is 36.8 Å². The Morgan fingerprint density at radius 2 is 1.81 bits per heavy atom. The van der Waals surface area contributed by atoms with Crippen molar-refractivity contribution in [2.45, 2.75) is 44.1 Å². The molecule has 1 aliphatic rings. The first-order chi connectivity index (χ1) is 7.43. The SMILES string of the molecule is OC(COCC(F)(F)C(F)F)C1CCCC1. The van der Waals surface area contributed by atoms with Gasteiger partial charge in [-0.25, -0.2) is 8.78 Å². The van der Waals surface area contributed by atoms with Crippen LogP contribution in [0.5, 0.6) is 0 Å². The highest BCUT2D eigenvalue weighted by Gasteiger charge is 2.41. The van der Waals surface area contributed by atoms with E-state index >= 15 is 0 Å². The molecule has 1 fully saturated rings. The van der Waals surface area contributed by atoms with E-state index in [-0.39, 0.29) is 12.5 Å². The Morgan fingerprint density at radius 3 is 2.31 bits per heavy atom. The zero-order valence-electron chi connectivity index (χ0n) is 8.84. The molecule has 96 valence electrons. The molecular formula is C10H16F4O2. The summed E-state index contributed by atoms with van der Waals surface area (Å²) in [7, 11) is 0. The van der Waals surface area contributed by atoms with Gasteiger partial charge in [0.2, 0.25) is 0 Å². The normalized spacial score (nSPS) is 20.6. The smallest absolute Gasteiger partial charge is 0.330 e. The van der Waals surface area contributed by atoms with Gasteiger partial charge in [0, 0.05) is 0 Å². The fourth-order valence-electron chi connectivity index (χ4n) is 1.86. The van der Waals surface area contributed by atoms with Gasteiger partial charge in [0.15, 0.2) is 0 Å². The molecule has 1 unspecified atom stereocenters. The van der Waals surface area contributed by atoms with E-state index in [0.29, 0.717) is 0 Å². The standard InChI is InChI=1S/C10H16F4O2/c11-9(12)10(13,14)6-16-5-8(15)7-3-1-2-4-7/h7-9,15H,1-6H2. The Hall–Kier alpha value is -0.360. The second-order valence-corrected chi connectivity index (χ2v) is 4.19. The van der Waals surface area contributed by atoms with E-state index in [1.807, 2.05) is 0 Å². The highest BCUT2D eigenvalue weighted by molar-refractivity contribution is 4.75. The van der Waals surface area contributed by atoms with Crippen LogP contribution < -0.4 is 0 Å². The van der Waals surface area contributed by atoms with Crippen LogP contribution in [0.15, 0.2) is 0 Å². The lowest BCUT2D eigenvalue weighted by Gasteiger charge is -2.20. The van der Waals surface area contributed by atoms with E-state index < -0.39 is 25.1 Å². The van der Waals surface area contributed by atoms with Gasteiger partial charge < -0.3 is 9.84 Å². The molecule has 0 saturated heterocycles. The van der Waals surface area contributed by atoms with Crippen molar-refractivity contribution in [3.63, 3.8) is 0 Å². The first kappa shape index (κ1) is 13.7. The Labute approximate surface area is 91.6 Å². The van der Waals surface area contributed by atoms with Gasteiger partial charge in [-0.1, -0.05) is 12.8 Å². The molecule has 0 aromatic rings. The molecule has 1 aliphatic carbocycles. The van der Waals surface area contributed by atoms with Crippen molar-refractivity contribution in [3.05, 3.63) is 0 Å². The molecule has 1 N–H and O–H groups in total. The summed E-state index contributed by atoms with van der Waals surface area (Å²) in [6, 6.07) is 0. The van der Waals surface area contributed by atoms with Crippen molar-refractivity contribution in [2.24, 2.45) is 5.92 Å². The maximum Gasteiger partial charge on any atom is 0.330 e. The maximum absolute atomic E-state index is 12.4. The predicted octanol–water partition coefficient (Wildman–Crippen LogP) is 2.45. The Bertz CT molecular complexity index is 205. The molecular weight excluding hydrogens is 228 g/mol.